The number of carbonyl (C=O) groups excluding carboxylic acids is 1. The van der Waals surface area contributed by atoms with Crippen molar-refractivity contribution in [1.82, 2.24) is 4.31 Å². The van der Waals surface area contributed by atoms with E-state index in [1.807, 2.05) is 26.8 Å². The molecule has 2 rings (SSSR count). The van der Waals surface area contributed by atoms with Crippen LogP contribution in [0.5, 0.6) is 0 Å². The van der Waals surface area contributed by atoms with Crippen LogP contribution in [-0.4, -0.2) is 31.0 Å². The molecule has 0 spiro atoms. The molecule has 1 heterocycles. The molecule has 1 aliphatic heterocycles. The van der Waals surface area contributed by atoms with E-state index in [-0.39, 0.29) is 4.90 Å². The predicted octanol–water partition coefficient (Wildman–Crippen LogP) is 4.36. The van der Waals surface area contributed by atoms with Crippen LogP contribution in [0.2, 0.25) is 0 Å². The van der Waals surface area contributed by atoms with Crippen molar-refractivity contribution >= 4 is 16.1 Å². The maximum atomic E-state index is 13.1. The van der Waals surface area contributed by atoms with E-state index in [4.69, 9.17) is 4.74 Å². The van der Waals surface area contributed by atoms with Gasteiger partial charge in [-0.3, -0.25) is 0 Å². The first kappa shape index (κ1) is 20.0. The maximum Gasteiger partial charge on any atom is 0.424 e. The van der Waals surface area contributed by atoms with Crippen molar-refractivity contribution in [3.05, 3.63) is 66.3 Å². The number of carbonyl (C=O) groups is 1. The summed E-state index contributed by atoms with van der Waals surface area (Å²) in [6.45, 7) is 13.6. The Morgan fingerprint density at radius 3 is 2.38 bits per heavy atom. The topological polar surface area (TPSA) is 63.7 Å². The lowest BCUT2D eigenvalue weighted by molar-refractivity contribution is 0.131. The summed E-state index contributed by atoms with van der Waals surface area (Å²) in [5.74, 6) is 0. The normalized spacial score (nSPS) is 20.4. The highest BCUT2D eigenvalue weighted by atomic mass is 32.2. The van der Waals surface area contributed by atoms with Crippen molar-refractivity contribution in [2.24, 2.45) is 0 Å². The molecule has 0 N–H and O–H groups in total. The highest BCUT2D eigenvalue weighted by Gasteiger charge is 2.49. The van der Waals surface area contributed by atoms with E-state index in [2.05, 4.69) is 13.2 Å². The van der Waals surface area contributed by atoms with Gasteiger partial charge in [0.25, 0.3) is 10.0 Å². The molecule has 0 bridgehead atoms. The van der Waals surface area contributed by atoms with Crippen molar-refractivity contribution in [3.8, 4) is 0 Å². The molecule has 1 saturated heterocycles. The van der Waals surface area contributed by atoms with Crippen LogP contribution >= 0.6 is 0 Å². The van der Waals surface area contributed by atoms with Gasteiger partial charge in [0, 0.05) is 0 Å². The highest BCUT2D eigenvalue weighted by Crippen LogP contribution is 2.34. The SMILES string of the molecule is C=C(/C=C/CC)C(=C)[C@H]1[C@H](CC)OC(=O)N1S(=O)(=O)c1ccc(C)cc1. The number of ether oxygens (including phenoxy) is 1. The number of hydrogen-bond donors (Lipinski definition) is 0. The molecule has 0 aliphatic carbocycles. The average molecular weight is 375 g/mol. The van der Waals surface area contributed by atoms with Gasteiger partial charge in [-0.15, -0.1) is 0 Å². The molecule has 2 atom stereocenters. The number of cyclic esters (lactones) is 1. The maximum absolute atomic E-state index is 13.1. The Balaban J connectivity index is 2.47. The fourth-order valence-corrected chi connectivity index (χ4v) is 4.32. The van der Waals surface area contributed by atoms with Gasteiger partial charge in [0.15, 0.2) is 0 Å². The fourth-order valence-electron chi connectivity index (χ4n) is 2.81. The molecule has 0 saturated carbocycles. The van der Waals surface area contributed by atoms with Gasteiger partial charge >= 0.3 is 6.09 Å². The zero-order valence-electron chi connectivity index (χ0n) is 15.4. The molecule has 1 aromatic rings. The number of aryl methyl sites for hydroxylation is 1. The van der Waals surface area contributed by atoms with Crippen LogP contribution < -0.4 is 0 Å². The summed E-state index contributed by atoms with van der Waals surface area (Å²) in [5, 5.41) is 0. The minimum Gasteiger partial charge on any atom is -0.443 e. The predicted molar refractivity (Wildman–Crippen MR) is 102 cm³/mol. The van der Waals surface area contributed by atoms with E-state index in [1.54, 1.807) is 18.2 Å². The Morgan fingerprint density at radius 1 is 1.23 bits per heavy atom. The number of hydrogen-bond acceptors (Lipinski definition) is 4. The van der Waals surface area contributed by atoms with Crippen LogP contribution in [0.4, 0.5) is 4.79 Å². The summed E-state index contributed by atoms with van der Waals surface area (Å²) in [4.78, 5) is 12.5. The van der Waals surface area contributed by atoms with Crippen molar-refractivity contribution in [2.75, 3.05) is 0 Å². The molecule has 0 unspecified atom stereocenters. The van der Waals surface area contributed by atoms with Crippen molar-refractivity contribution in [3.63, 3.8) is 0 Å². The average Bonchev–Trinajstić information content (AvgIpc) is 2.96. The molecule has 5 nitrogen and oxygen atoms in total. The van der Waals surface area contributed by atoms with Crippen molar-refractivity contribution < 1.29 is 17.9 Å². The van der Waals surface area contributed by atoms with Gasteiger partial charge in [-0.1, -0.05) is 56.9 Å². The highest BCUT2D eigenvalue weighted by molar-refractivity contribution is 7.89. The van der Waals surface area contributed by atoms with Gasteiger partial charge in [-0.2, -0.15) is 4.31 Å². The second kappa shape index (κ2) is 7.91. The minimum atomic E-state index is -4.06. The van der Waals surface area contributed by atoms with Gasteiger partial charge in [-0.05, 0) is 43.0 Å². The standard InChI is InChI=1S/C20H25NO4S/c1-6-8-9-15(4)16(5)19-18(7-2)25-20(22)21(19)26(23,24)17-12-10-14(3)11-13-17/h8-13,18-19H,4-7H2,1-3H3/b9-8+/t18-,19-/m0/s1. The summed E-state index contributed by atoms with van der Waals surface area (Å²) >= 11 is 0. The first-order valence-corrected chi connectivity index (χ1v) is 10.0. The second-order valence-corrected chi connectivity index (χ2v) is 8.07. The van der Waals surface area contributed by atoms with E-state index in [1.165, 1.54) is 12.1 Å². The number of rotatable bonds is 7. The number of benzene rings is 1. The summed E-state index contributed by atoms with van der Waals surface area (Å²) in [6.07, 6.45) is 3.51. The van der Waals surface area contributed by atoms with Crippen LogP contribution in [-0.2, 0) is 14.8 Å². The smallest absolute Gasteiger partial charge is 0.424 e. The number of allylic oxidation sites excluding steroid dienone is 2. The molecule has 6 heteroatoms. The molecule has 0 radical (unpaired) electrons. The Hall–Kier alpha value is -2.34. The van der Waals surface area contributed by atoms with Crippen LogP contribution in [0.3, 0.4) is 0 Å². The third kappa shape index (κ3) is 3.75. The molecule has 1 fully saturated rings. The Bertz CT molecular complexity index is 837. The summed E-state index contributed by atoms with van der Waals surface area (Å²) in [5.41, 5.74) is 1.97. The molecule has 1 amide bonds. The van der Waals surface area contributed by atoms with E-state index in [0.29, 0.717) is 17.6 Å². The van der Waals surface area contributed by atoms with E-state index < -0.39 is 28.3 Å². The van der Waals surface area contributed by atoms with Crippen LogP contribution in [0.1, 0.15) is 32.3 Å². The van der Waals surface area contributed by atoms with Gasteiger partial charge in [0.2, 0.25) is 0 Å². The fraction of sp³-hybridized carbons (Fsp3) is 0.350. The Morgan fingerprint density at radius 2 is 1.85 bits per heavy atom. The quantitative estimate of drug-likeness (QED) is 0.664. The zero-order valence-corrected chi connectivity index (χ0v) is 16.3. The van der Waals surface area contributed by atoms with Gasteiger partial charge in [0.05, 0.1) is 4.90 Å². The van der Waals surface area contributed by atoms with E-state index in [0.717, 1.165) is 16.3 Å². The molecule has 140 valence electrons. The lowest BCUT2D eigenvalue weighted by Gasteiger charge is -2.26. The summed E-state index contributed by atoms with van der Waals surface area (Å²) in [6, 6.07) is 5.55. The van der Waals surface area contributed by atoms with E-state index in [9.17, 15) is 13.2 Å². The number of nitrogens with zero attached hydrogens (tertiary/aromatic N) is 1. The molecular weight excluding hydrogens is 350 g/mol. The summed E-state index contributed by atoms with van der Waals surface area (Å²) < 4.78 is 32.3. The Kier molecular flexibility index (Phi) is 6.08. The number of amides is 1. The second-order valence-electron chi connectivity index (χ2n) is 6.25. The van der Waals surface area contributed by atoms with Crippen molar-refractivity contribution in [1.29, 1.82) is 0 Å². The molecule has 26 heavy (non-hydrogen) atoms. The first-order chi connectivity index (χ1) is 12.2. The molecular formula is C20H25NO4S. The van der Waals surface area contributed by atoms with Crippen LogP contribution in [0.15, 0.2) is 65.6 Å². The summed E-state index contributed by atoms with van der Waals surface area (Å²) in [7, 11) is -4.06. The Labute approximate surface area is 155 Å². The van der Waals surface area contributed by atoms with Crippen LogP contribution in [0, 0.1) is 6.92 Å². The lowest BCUT2D eigenvalue weighted by Crippen LogP contribution is -2.42. The van der Waals surface area contributed by atoms with Gasteiger partial charge < -0.3 is 4.74 Å². The van der Waals surface area contributed by atoms with Gasteiger partial charge in [0.1, 0.15) is 12.1 Å². The largest absolute Gasteiger partial charge is 0.443 e. The van der Waals surface area contributed by atoms with Crippen molar-refractivity contribution in [2.45, 2.75) is 50.7 Å². The molecule has 1 aliphatic rings. The number of sulfonamides is 1. The van der Waals surface area contributed by atoms with Crippen LogP contribution in [0.25, 0.3) is 0 Å². The van der Waals surface area contributed by atoms with E-state index >= 15 is 0 Å². The molecule has 1 aromatic carbocycles. The third-order valence-corrected chi connectivity index (χ3v) is 6.10. The third-order valence-electron chi connectivity index (χ3n) is 4.34. The molecule has 0 aromatic heterocycles. The first-order valence-electron chi connectivity index (χ1n) is 8.60. The zero-order chi connectivity index (χ0) is 19.5. The monoisotopic (exact) mass is 375 g/mol. The van der Waals surface area contributed by atoms with Gasteiger partial charge in [-0.25, -0.2) is 13.2 Å². The minimum absolute atomic E-state index is 0.0457. The lowest BCUT2D eigenvalue weighted by atomic mass is 9.96.